The fourth-order valence-corrected chi connectivity index (χ4v) is 7.90. The van der Waals surface area contributed by atoms with Gasteiger partial charge in [-0.15, -0.1) is 15.6 Å². The molecule has 2 aromatic heterocycles. The van der Waals surface area contributed by atoms with Crippen LogP contribution in [0.2, 0.25) is 0 Å². The molecular weight excluding hydrogens is 1170 g/mol. The number of β-lactam (4-membered cyclic amide) rings is 1. The number of benzene rings is 1. The Morgan fingerprint density at radius 1 is 0.795 bits per heavy atom. The van der Waals surface area contributed by atoms with Crippen molar-refractivity contribution in [1.82, 2.24) is 26.0 Å². The van der Waals surface area contributed by atoms with Gasteiger partial charge in [0, 0.05) is 23.6 Å². The van der Waals surface area contributed by atoms with Gasteiger partial charge in [-0.3, -0.25) is 14.9 Å². The van der Waals surface area contributed by atoms with Gasteiger partial charge >= 0.3 is 30.2 Å². The number of nitrogens with zero attached hydrogens (tertiary/aromatic N) is 4. The first-order valence-electron chi connectivity index (χ1n) is 24.4. The maximum atomic E-state index is 14.0. The van der Waals surface area contributed by atoms with Gasteiger partial charge in [-0.1, -0.05) is 17.3 Å². The quantitative estimate of drug-likeness (QED) is 0.0103. The molecule has 28 heteroatoms. The highest BCUT2D eigenvalue weighted by molar-refractivity contribution is 7.67. The Morgan fingerprint density at radius 2 is 1.37 bits per heavy atom. The fourth-order valence-electron chi connectivity index (χ4n) is 6.80. The van der Waals surface area contributed by atoms with Crippen molar-refractivity contribution in [2.45, 2.75) is 162 Å². The first-order chi connectivity index (χ1) is 35.5. The lowest BCUT2D eigenvalue weighted by atomic mass is 9.84. The van der Waals surface area contributed by atoms with E-state index in [0.717, 1.165) is 22.5 Å². The van der Waals surface area contributed by atoms with E-state index in [0.29, 0.717) is 36.0 Å². The van der Waals surface area contributed by atoms with Crippen LogP contribution < -0.4 is 59.9 Å². The molecule has 0 unspecified atom stereocenters. The number of amides is 6. The minimum atomic E-state index is -3.45. The molecule has 3 heterocycles. The third-order valence-electron chi connectivity index (χ3n) is 10.2. The molecule has 0 aliphatic carbocycles. The lowest BCUT2D eigenvalue weighted by Crippen LogP contribution is -3.00. The van der Waals surface area contributed by atoms with E-state index in [4.69, 9.17) is 28.5 Å². The number of aryl methyl sites for hydroxylation is 1. The molecule has 0 bridgehead atoms. The van der Waals surface area contributed by atoms with Gasteiger partial charge in [-0.2, -0.15) is 5.06 Å². The number of hydrogen-bond donors (Lipinski definition) is 6. The summed E-state index contributed by atoms with van der Waals surface area (Å²) in [6.07, 6.45) is -0.749. The van der Waals surface area contributed by atoms with Crippen LogP contribution in [0.1, 0.15) is 122 Å². The first-order valence-corrected chi connectivity index (χ1v) is 26.4. The molecule has 1 aliphatic rings. The number of halogens is 1. The average molecular weight is 1250 g/mol. The van der Waals surface area contributed by atoms with Crippen molar-refractivity contribution in [3.05, 3.63) is 53.7 Å². The Hall–Kier alpha value is -6.40. The summed E-state index contributed by atoms with van der Waals surface area (Å²) in [4.78, 5) is 101. The number of ether oxygens (including phenoxy) is 5. The van der Waals surface area contributed by atoms with E-state index in [-0.39, 0.29) is 41.2 Å². The summed E-state index contributed by atoms with van der Waals surface area (Å²) in [7, 11) is -1.72. The number of pyridine rings is 1. The van der Waals surface area contributed by atoms with Crippen molar-refractivity contribution in [1.29, 1.82) is 0 Å². The predicted octanol–water partition coefficient (Wildman–Crippen LogP) is 2.59. The van der Waals surface area contributed by atoms with Crippen LogP contribution in [-0.4, -0.2) is 125 Å². The molecule has 3 atom stereocenters. The van der Waals surface area contributed by atoms with Crippen molar-refractivity contribution in [2.24, 2.45) is 12.2 Å². The number of nitrogens with one attached hydrogen (secondary N) is 5. The van der Waals surface area contributed by atoms with E-state index in [1.165, 1.54) is 19.2 Å². The minimum absolute atomic E-state index is 0. The van der Waals surface area contributed by atoms with E-state index >= 15 is 0 Å². The summed E-state index contributed by atoms with van der Waals surface area (Å²) >= 11 is 0.899. The Morgan fingerprint density at radius 3 is 1.94 bits per heavy atom. The van der Waals surface area contributed by atoms with E-state index in [1.807, 2.05) is 0 Å². The number of hydroxylamine groups is 2. The van der Waals surface area contributed by atoms with Crippen molar-refractivity contribution < 1.29 is 103 Å². The van der Waals surface area contributed by atoms with Crippen LogP contribution in [0.15, 0.2) is 53.1 Å². The molecule has 0 spiro atoms. The molecule has 5 N–H and O–H groups in total. The van der Waals surface area contributed by atoms with Gasteiger partial charge in [-0.25, -0.2) is 47.3 Å². The number of carbonyl (C=O) groups is 7. The molecule has 1 fully saturated rings. The molecule has 432 valence electrons. The third kappa shape index (κ3) is 21.4. The van der Waals surface area contributed by atoms with Crippen LogP contribution >= 0.6 is 11.3 Å². The SMILES string of the molecule is C[n+]1cc(-c2ccc(OC[C@H](O/N=C(\C(=O)N[C@@H]3C(=O)N(O[SH](=O)=O)C3(C)C)c3csc(NC(=O)OC(C)(C)C)n3)C(=O)OC(C)(C)C)cc2)ccc1NC(=O)[C@H](CCCCNC(=O)OC(C)(C)C)NC(=O)OC(C)(C)C.[I-]. The van der Waals surface area contributed by atoms with Crippen molar-refractivity contribution in [3.8, 4) is 16.9 Å². The second-order valence-electron chi connectivity index (χ2n) is 22.1. The van der Waals surface area contributed by atoms with Crippen LogP contribution in [0.3, 0.4) is 0 Å². The monoisotopic (exact) mass is 1250 g/mol. The van der Waals surface area contributed by atoms with Gasteiger partial charge in [0.2, 0.25) is 0 Å². The van der Waals surface area contributed by atoms with Crippen LogP contribution in [0.4, 0.5) is 25.3 Å². The summed E-state index contributed by atoms with van der Waals surface area (Å²) in [6.45, 7) is 23.0. The second kappa shape index (κ2) is 27.5. The molecule has 0 radical (unpaired) electrons. The number of hydrogen-bond acceptors (Lipinski definition) is 19. The van der Waals surface area contributed by atoms with Crippen molar-refractivity contribution in [2.75, 3.05) is 23.8 Å². The number of oxime groups is 1. The molecule has 78 heavy (non-hydrogen) atoms. The molecule has 3 aromatic rings. The number of aromatic nitrogens is 2. The second-order valence-corrected chi connectivity index (χ2v) is 23.6. The normalized spacial score (nSPS) is 15.3. The van der Waals surface area contributed by atoms with Gasteiger partial charge < -0.3 is 68.4 Å². The summed E-state index contributed by atoms with van der Waals surface area (Å²) in [5.74, 6) is -2.61. The zero-order valence-electron chi connectivity index (χ0n) is 46.4. The predicted molar refractivity (Wildman–Crippen MR) is 282 cm³/mol. The molecule has 1 aromatic carbocycles. The van der Waals surface area contributed by atoms with Gasteiger partial charge in [0.1, 0.15) is 52.5 Å². The number of esters is 1. The van der Waals surface area contributed by atoms with Gasteiger partial charge in [0.05, 0.1) is 18.8 Å². The number of unbranched alkanes of at least 4 members (excludes halogenated alkanes) is 1. The van der Waals surface area contributed by atoms with E-state index in [1.54, 1.807) is 137 Å². The van der Waals surface area contributed by atoms with Crippen LogP contribution in [0, 0.1) is 0 Å². The molecular formula is C50H72IN9O16S2. The maximum Gasteiger partial charge on any atom is 0.413 e. The number of thiol groups is 1. The lowest BCUT2D eigenvalue weighted by Gasteiger charge is -2.50. The summed E-state index contributed by atoms with van der Waals surface area (Å²) in [5.41, 5.74) is -3.87. The molecule has 0 saturated carbocycles. The number of thiazole rings is 1. The first kappa shape index (κ1) is 65.9. The van der Waals surface area contributed by atoms with E-state index in [2.05, 4.69) is 41.0 Å². The van der Waals surface area contributed by atoms with Crippen molar-refractivity contribution >= 4 is 81.0 Å². The summed E-state index contributed by atoms with van der Waals surface area (Å²) in [6, 6.07) is 7.97. The molecule has 25 nitrogen and oxygen atoms in total. The topological polar surface area (TPSA) is 311 Å². The Kier molecular flexibility index (Phi) is 23.2. The highest BCUT2D eigenvalue weighted by atomic mass is 127. The van der Waals surface area contributed by atoms with Crippen molar-refractivity contribution in [3.63, 3.8) is 0 Å². The molecule has 1 aliphatic heterocycles. The minimum Gasteiger partial charge on any atom is -1.00 e. The lowest BCUT2D eigenvalue weighted by molar-refractivity contribution is -0.656. The smallest absolute Gasteiger partial charge is 0.413 e. The van der Waals surface area contributed by atoms with Gasteiger partial charge in [0.25, 0.3) is 34.7 Å². The Labute approximate surface area is 476 Å². The van der Waals surface area contributed by atoms with Gasteiger partial charge in [-0.05, 0) is 140 Å². The highest BCUT2D eigenvalue weighted by Gasteiger charge is 2.57. The van der Waals surface area contributed by atoms with E-state index in [9.17, 15) is 42.0 Å². The number of alkyl carbamates (subject to hydrolysis) is 2. The third-order valence-corrected chi connectivity index (χ3v) is 11.2. The zero-order chi connectivity index (χ0) is 57.8. The Balaban J connectivity index is 0.0000160. The molecule has 6 amide bonds. The van der Waals surface area contributed by atoms with E-state index < -0.39 is 111 Å². The number of rotatable bonds is 21. The Bertz CT molecular complexity index is 2730. The summed E-state index contributed by atoms with van der Waals surface area (Å²) in [5, 5.41) is 19.1. The number of anilines is 2. The summed E-state index contributed by atoms with van der Waals surface area (Å²) < 4.78 is 56.4. The standard InChI is InChI=1S/C50H71N9O16S2.HI/c1-46(2,3)70-41(63)34(74-57-36(33-28-76-42(52-33)56-45(66)73-49(10,11)12)39(61)55-37-40(62)59(50(37,13)14)75-77(67)68)27-69-31-22-19-29(20-23-31)30-21-24-35(58(15)26-30)54-38(60)32(53-44(65)72-48(7,8)9)18-16-17-25-51-43(64)71-47(4,5)6;/h19-24,26,28,32,34,37,77H,16-18,25,27H2,1-15H3,(H4,51,52,53,55,56,61,64,65,66);1H/b57-36-;/t32-,34-,37+;/m0./s1. The van der Waals surface area contributed by atoms with Gasteiger partial charge in [0.15, 0.2) is 10.8 Å². The average Bonchev–Trinajstić information content (AvgIpc) is 3.73. The van der Waals surface area contributed by atoms with Crippen LogP contribution in [0.5, 0.6) is 5.75 Å². The molecule has 1 saturated heterocycles. The highest BCUT2D eigenvalue weighted by Crippen LogP contribution is 2.32. The van der Waals surface area contributed by atoms with Crippen LogP contribution in [0.25, 0.3) is 11.1 Å². The van der Waals surface area contributed by atoms with Crippen LogP contribution in [-0.2, 0) is 65.3 Å². The zero-order valence-corrected chi connectivity index (χ0v) is 50.3. The molecule has 4 rings (SSSR count). The number of carbonyl (C=O) groups excluding carboxylic acids is 7. The largest absolute Gasteiger partial charge is 1.00 e. The maximum absolute atomic E-state index is 14.0. The fraction of sp³-hybridized carbons (Fsp3) is 0.560.